The number of ether oxygens (including phenoxy) is 1. The number of para-hydroxylation sites is 1. The molecule has 0 bridgehead atoms. The lowest BCUT2D eigenvalue weighted by Crippen LogP contribution is -2.38. The van der Waals surface area contributed by atoms with E-state index >= 15 is 0 Å². The van der Waals surface area contributed by atoms with Gasteiger partial charge in [0.1, 0.15) is 5.75 Å². The molecule has 4 rings (SSSR count). The summed E-state index contributed by atoms with van der Waals surface area (Å²) in [6.07, 6.45) is 0.848. The van der Waals surface area contributed by atoms with Gasteiger partial charge in [0.2, 0.25) is 0 Å². The van der Waals surface area contributed by atoms with Crippen LogP contribution in [-0.2, 0) is 5.41 Å². The van der Waals surface area contributed by atoms with Gasteiger partial charge in [-0.2, -0.15) is 0 Å². The molecular formula is C19H21N3O2. The van der Waals surface area contributed by atoms with Crippen LogP contribution in [0.2, 0.25) is 0 Å². The van der Waals surface area contributed by atoms with Gasteiger partial charge in [0, 0.05) is 16.8 Å². The molecule has 1 saturated heterocycles. The third-order valence-electron chi connectivity index (χ3n) is 5.13. The molecule has 0 radical (unpaired) electrons. The van der Waals surface area contributed by atoms with Gasteiger partial charge < -0.3 is 10.1 Å². The van der Waals surface area contributed by atoms with Crippen LogP contribution >= 0.6 is 0 Å². The molecule has 5 nitrogen and oxygen atoms in total. The zero-order valence-electron chi connectivity index (χ0n) is 13.8. The minimum atomic E-state index is -0.471. The first-order valence-corrected chi connectivity index (χ1v) is 8.25. The van der Waals surface area contributed by atoms with Crippen LogP contribution < -0.4 is 20.7 Å². The Balaban J connectivity index is 1.52. The van der Waals surface area contributed by atoms with Crippen molar-refractivity contribution in [3.8, 4) is 5.75 Å². The molecule has 2 heterocycles. The van der Waals surface area contributed by atoms with E-state index in [1.54, 1.807) is 0 Å². The van der Waals surface area contributed by atoms with Crippen molar-refractivity contribution in [1.29, 1.82) is 0 Å². The predicted octanol–water partition coefficient (Wildman–Crippen LogP) is 3.61. The summed E-state index contributed by atoms with van der Waals surface area (Å²) in [5.41, 5.74) is 4.12. The molecule has 2 aliphatic heterocycles. The lowest BCUT2D eigenvalue weighted by molar-refractivity contribution is 0.215. The summed E-state index contributed by atoms with van der Waals surface area (Å²) in [5.74, 6) is 0.565. The average Bonchev–Trinajstić information content (AvgIpc) is 3.04. The molecule has 0 aliphatic carbocycles. The molecule has 2 atom stereocenters. The summed E-state index contributed by atoms with van der Waals surface area (Å²) in [6, 6.07) is 13.4. The van der Waals surface area contributed by atoms with Crippen LogP contribution in [0.15, 0.2) is 42.5 Å². The average molecular weight is 323 g/mol. The van der Waals surface area contributed by atoms with E-state index in [-0.39, 0.29) is 11.6 Å². The third kappa shape index (κ3) is 2.41. The van der Waals surface area contributed by atoms with Crippen molar-refractivity contribution in [3.63, 3.8) is 0 Å². The quantitative estimate of drug-likeness (QED) is 0.790. The predicted molar refractivity (Wildman–Crippen MR) is 94.7 cm³/mol. The number of rotatable bonds is 2. The van der Waals surface area contributed by atoms with E-state index < -0.39 is 6.09 Å². The van der Waals surface area contributed by atoms with E-state index in [4.69, 9.17) is 4.74 Å². The van der Waals surface area contributed by atoms with E-state index in [1.165, 1.54) is 5.56 Å². The Hall–Kier alpha value is -2.53. The largest absolute Gasteiger partial charge is 0.417 e. The highest BCUT2D eigenvalue weighted by Crippen LogP contribution is 2.46. The van der Waals surface area contributed by atoms with Gasteiger partial charge >= 0.3 is 6.09 Å². The summed E-state index contributed by atoms with van der Waals surface area (Å²) in [4.78, 5) is 12.2. The van der Waals surface area contributed by atoms with Crippen molar-refractivity contribution < 1.29 is 9.53 Å². The third-order valence-corrected chi connectivity index (χ3v) is 5.13. The number of amides is 1. The summed E-state index contributed by atoms with van der Waals surface area (Å²) in [7, 11) is 0. The second-order valence-corrected chi connectivity index (χ2v) is 6.74. The van der Waals surface area contributed by atoms with Crippen molar-refractivity contribution in [2.45, 2.75) is 31.8 Å². The molecule has 124 valence electrons. The minimum Gasteiger partial charge on any atom is -0.410 e. The van der Waals surface area contributed by atoms with Gasteiger partial charge in [0.05, 0.1) is 6.17 Å². The normalized spacial score (nSPS) is 24.0. The number of carbonyl (C=O) groups is 1. The van der Waals surface area contributed by atoms with E-state index in [1.807, 2.05) is 49.4 Å². The molecule has 1 amide bonds. The lowest BCUT2D eigenvalue weighted by atomic mass is 9.81. The molecule has 2 aliphatic rings. The SMILES string of the molecule is Cc1ccccc1NC(=O)Oc1ccc2c(c1)[C@]1(C)CCNC1N2. The summed E-state index contributed by atoms with van der Waals surface area (Å²) < 4.78 is 5.49. The maximum Gasteiger partial charge on any atom is 0.417 e. The Morgan fingerprint density at radius 3 is 2.96 bits per heavy atom. The molecule has 0 saturated carbocycles. The van der Waals surface area contributed by atoms with Crippen LogP contribution in [0.1, 0.15) is 24.5 Å². The second-order valence-electron chi connectivity index (χ2n) is 6.74. The molecule has 1 fully saturated rings. The number of hydrogen-bond acceptors (Lipinski definition) is 4. The molecular weight excluding hydrogens is 302 g/mol. The molecule has 0 aromatic heterocycles. The van der Waals surface area contributed by atoms with Gasteiger partial charge in [-0.15, -0.1) is 0 Å². The van der Waals surface area contributed by atoms with E-state index in [0.717, 1.165) is 29.9 Å². The van der Waals surface area contributed by atoms with Gasteiger partial charge in [-0.1, -0.05) is 25.1 Å². The summed E-state index contributed by atoms with van der Waals surface area (Å²) >= 11 is 0. The highest BCUT2D eigenvalue weighted by molar-refractivity contribution is 5.87. The number of nitrogens with one attached hydrogen (secondary N) is 3. The fourth-order valence-corrected chi connectivity index (χ4v) is 3.64. The smallest absolute Gasteiger partial charge is 0.410 e. The van der Waals surface area contributed by atoms with Gasteiger partial charge in [-0.25, -0.2) is 4.79 Å². The Labute approximate surface area is 141 Å². The maximum absolute atomic E-state index is 12.2. The summed E-state index contributed by atoms with van der Waals surface area (Å²) in [6.45, 7) is 5.19. The summed E-state index contributed by atoms with van der Waals surface area (Å²) in [5, 5.41) is 9.76. The number of hydrogen-bond donors (Lipinski definition) is 3. The molecule has 2 aromatic rings. The van der Waals surface area contributed by atoms with Crippen LogP contribution in [0.5, 0.6) is 5.75 Å². The highest BCUT2D eigenvalue weighted by atomic mass is 16.6. The molecule has 2 aromatic carbocycles. The second kappa shape index (κ2) is 5.53. The number of anilines is 2. The minimum absolute atomic E-state index is 0.0429. The Morgan fingerprint density at radius 1 is 1.29 bits per heavy atom. The van der Waals surface area contributed by atoms with Crippen molar-refractivity contribution in [2.24, 2.45) is 0 Å². The van der Waals surface area contributed by atoms with Gasteiger partial charge in [-0.05, 0) is 55.3 Å². The lowest BCUT2D eigenvalue weighted by Gasteiger charge is -2.23. The van der Waals surface area contributed by atoms with E-state index in [2.05, 4.69) is 22.9 Å². The fourth-order valence-electron chi connectivity index (χ4n) is 3.64. The number of fused-ring (bicyclic) bond motifs is 3. The first-order valence-electron chi connectivity index (χ1n) is 8.25. The molecule has 3 N–H and O–H groups in total. The number of carbonyl (C=O) groups excluding carboxylic acids is 1. The maximum atomic E-state index is 12.2. The first-order chi connectivity index (χ1) is 11.6. The van der Waals surface area contributed by atoms with Crippen LogP contribution in [0.25, 0.3) is 0 Å². The molecule has 0 spiro atoms. The highest BCUT2D eigenvalue weighted by Gasteiger charge is 2.46. The van der Waals surface area contributed by atoms with Gasteiger partial charge in [-0.3, -0.25) is 10.6 Å². The zero-order valence-corrected chi connectivity index (χ0v) is 13.8. The molecule has 5 heteroatoms. The number of aryl methyl sites for hydroxylation is 1. The zero-order chi connectivity index (χ0) is 16.7. The van der Waals surface area contributed by atoms with Crippen LogP contribution in [-0.4, -0.2) is 18.8 Å². The van der Waals surface area contributed by atoms with Crippen molar-refractivity contribution >= 4 is 17.5 Å². The van der Waals surface area contributed by atoms with E-state index in [9.17, 15) is 4.79 Å². The first kappa shape index (κ1) is 15.0. The van der Waals surface area contributed by atoms with Crippen molar-refractivity contribution in [1.82, 2.24) is 5.32 Å². The monoisotopic (exact) mass is 323 g/mol. The van der Waals surface area contributed by atoms with Crippen LogP contribution in [0.4, 0.5) is 16.2 Å². The molecule has 1 unspecified atom stereocenters. The van der Waals surface area contributed by atoms with Gasteiger partial charge in [0.25, 0.3) is 0 Å². The van der Waals surface area contributed by atoms with Crippen molar-refractivity contribution in [3.05, 3.63) is 53.6 Å². The Kier molecular flexibility index (Phi) is 3.46. The number of benzene rings is 2. The Bertz CT molecular complexity index is 805. The van der Waals surface area contributed by atoms with Gasteiger partial charge in [0.15, 0.2) is 0 Å². The standard InChI is InChI=1S/C19H21N3O2/c1-12-5-3-4-6-15(12)22-18(23)24-13-7-8-16-14(11-13)19(2)9-10-20-17(19)21-16/h3-8,11,17,20-21H,9-10H2,1-2H3,(H,22,23)/t17?,19-/m0/s1. The Morgan fingerprint density at radius 2 is 2.12 bits per heavy atom. The van der Waals surface area contributed by atoms with Crippen LogP contribution in [0, 0.1) is 6.92 Å². The molecule has 24 heavy (non-hydrogen) atoms. The topological polar surface area (TPSA) is 62.4 Å². The van der Waals surface area contributed by atoms with E-state index in [0.29, 0.717) is 5.75 Å². The van der Waals surface area contributed by atoms with Crippen LogP contribution in [0.3, 0.4) is 0 Å². The van der Waals surface area contributed by atoms with Crippen molar-refractivity contribution in [2.75, 3.05) is 17.2 Å². The fraction of sp³-hybridized carbons (Fsp3) is 0.316.